The molecule has 0 bridgehead atoms. The predicted octanol–water partition coefficient (Wildman–Crippen LogP) is 3.45. The molecule has 0 saturated carbocycles. The zero-order valence-corrected chi connectivity index (χ0v) is 17.3. The smallest absolute Gasteiger partial charge is 0.255 e. The van der Waals surface area contributed by atoms with Gasteiger partial charge in [0.05, 0.1) is 17.3 Å². The molecule has 1 saturated heterocycles. The summed E-state index contributed by atoms with van der Waals surface area (Å²) in [6, 6.07) is 10.2. The number of amides is 1. The SMILES string of the molecule is Cn1cc(C(=O)N2CCCCC2c2nc(N)ncc2-c2cccc(Cl)c2)ccc1=O. The summed E-state index contributed by atoms with van der Waals surface area (Å²) in [6.45, 7) is 0.602. The van der Waals surface area contributed by atoms with Crippen molar-refractivity contribution in [3.63, 3.8) is 0 Å². The Balaban J connectivity index is 1.78. The fraction of sp³-hybridized carbons (Fsp3) is 0.273. The Morgan fingerprint density at radius 2 is 2.07 bits per heavy atom. The second-order valence-corrected chi connectivity index (χ2v) is 7.85. The molecule has 2 aromatic heterocycles. The molecule has 0 spiro atoms. The lowest BCUT2D eigenvalue weighted by molar-refractivity contribution is 0.0606. The first-order valence-electron chi connectivity index (χ1n) is 9.80. The zero-order valence-electron chi connectivity index (χ0n) is 16.6. The van der Waals surface area contributed by atoms with Crippen LogP contribution in [0.3, 0.4) is 0 Å². The van der Waals surface area contributed by atoms with Gasteiger partial charge in [-0.1, -0.05) is 23.7 Å². The van der Waals surface area contributed by atoms with Crippen LogP contribution in [0.5, 0.6) is 0 Å². The highest BCUT2D eigenvalue weighted by Gasteiger charge is 2.32. The van der Waals surface area contributed by atoms with Gasteiger partial charge in [0.1, 0.15) is 0 Å². The van der Waals surface area contributed by atoms with Crippen LogP contribution in [0, 0.1) is 0 Å². The lowest BCUT2D eigenvalue weighted by Gasteiger charge is -2.36. The van der Waals surface area contributed by atoms with E-state index in [1.54, 1.807) is 31.6 Å². The number of carbonyl (C=O) groups excluding carboxylic acids is 1. The second kappa shape index (κ2) is 8.28. The first kappa shape index (κ1) is 20.1. The minimum atomic E-state index is -0.247. The van der Waals surface area contributed by atoms with Crippen LogP contribution < -0.4 is 11.3 Å². The van der Waals surface area contributed by atoms with E-state index in [1.807, 2.05) is 23.1 Å². The van der Waals surface area contributed by atoms with Gasteiger partial charge in [-0.25, -0.2) is 9.97 Å². The summed E-state index contributed by atoms with van der Waals surface area (Å²) in [7, 11) is 1.63. The molecular weight excluding hydrogens is 402 g/mol. The summed E-state index contributed by atoms with van der Waals surface area (Å²) in [5.74, 6) is 0.0281. The van der Waals surface area contributed by atoms with Gasteiger partial charge in [0.15, 0.2) is 0 Å². The van der Waals surface area contributed by atoms with Gasteiger partial charge in [-0.2, -0.15) is 0 Å². The number of carbonyl (C=O) groups is 1. The van der Waals surface area contributed by atoms with Crippen LogP contribution in [0.2, 0.25) is 5.02 Å². The molecular formula is C22H22ClN5O2. The summed E-state index contributed by atoms with van der Waals surface area (Å²) in [4.78, 5) is 35.6. The quantitative estimate of drug-likeness (QED) is 0.696. The van der Waals surface area contributed by atoms with E-state index >= 15 is 0 Å². The second-order valence-electron chi connectivity index (χ2n) is 7.41. The van der Waals surface area contributed by atoms with Crippen molar-refractivity contribution in [2.24, 2.45) is 7.05 Å². The molecule has 1 amide bonds. The van der Waals surface area contributed by atoms with Crippen molar-refractivity contribution < 1.29 is 4.79 Å². The van der Waals surface area contributed by atoms with Crippen LogP contribution in [0.1, 0.15) is 41.4 Å². The van der Waals surface area contributed by atoms with Gasteiger partial charge in [-0.15, -0.1) is 0 Å². The average Bonchev–Trinajstić information content (AvgIpc) is 2.75. The number of hydrogen-bond donors (Lipinski definition) is 1. The Hall–Kier alpha value is -3.19. The van der Waals surface area contributed by atoms with Crippen LogP contribution in [-0.4, -0.2) is 31.9 Å². The molecule has 154 valence electrons. The molecule has 1 fully saturated rings. The molecule has 0 radical (unpaired) electrons. The lowest BCUT2D eigenvalue weighted by Crippen LogP contribution is -2.39. The van der Waals surface area contributed by atoms with Crippen molar-refractivity contribution in [1.82, 2.24) is 19.4 Å². The van der Waals surface area contributed by atoms with Gasteiger partial charge in [-0.05, 0) is 43.0 Å². The van der Waals surface area contributed by atoms with Crippen LogP contribution in [0.4, 0.5) is 5.95 Å². The molecule has 3 heterocycles. The summed E-state index contributed by atoms with van der Waals surface area (Å²) < 4.78 is 1.41. The standard InChI is InChI=1S/C22H22ClN5O2/c1-27-13-15(8-9-19(27)29)21(30)28-10-3-2-7-18(28)20-17(12-25-22(24)26-20)14-5-4-6-16(23)11-14/h4-6,8-9,11-13,18H,2-3,7,10H2,1H3,(H2,24,25,26). The van der Waals surface area contributed by atoms with E-state index < -0.39 is 0 Å². The van der Waals surface area contributed by atoms with Crippen molar-refractivity contribution in [1.29, 1.82) is 0 Å². The van der Waals surface area contributed by atoms with Gasteiger partial charge in [0, 0.05) is 42.6 Å². The molecule has 3 aromatic rings. The zero-order chi connectivity index (χ0) is 21.3. The fourth-order valence-corrected chi connectivity index (χ4v) is 4.08. The van der Waals surface area contributed by atoms with Gasteiger partial charge >= 0.3 is 0 Å². The van der Waals surface area contributed by atoms with Gasteiger partial charge in [0.25, 0.3) is 5.91 Å². The number of halogens is 1. The highest BCUT2D eigenvalue weighted by molar-refractivity contribution is 6.30. The molecule has 4 rings (SSSR count). The fourth-order valence-electron chi connectivity index (χ4n) is 3.89. The van der Waals surface area contributed by atoms with E-state index in [-0.39, 0.29) is 23.5 Å². The third kappa shape index (κ3) is 3.93. The van der Waals surface area contributed by atoms with Gasteiger partial charge in [0.2, 0.25) is 11.5 Å². The number of nitrogen functional groups attached to an aromatic ring is 1. The lowest BCUT2D eigenvalue weighted by atomic mass is 9.93. The van der Waals surface area contributed by atoms with Crippen LogP contribution in [0.25, 0.3) is 11.1 Å². The van der Waals surface area contributed by atoms with E-state index in [9.17, 15) is 9.59 Å². The molecule has 30 heavy (non-hydrogen) atoms. The maximum Gasteiger partial charge on any atom is 0.255 e. The van der Waals surface area contributed by atoms with Gasteiger partial charge in [-0.3, -0.25) is 9.59 Å². The number of benzene rings is 1. The summed E-state index contributed by atoms with van der Waals surface area (Å²) in [5.41, 5.74) is 8.62. The summed E-state index contributed by atoms with van der Waals surface area (Å²) in [6.07, 6.45) is 5.90. The topological polar surface area (TPSA) is 94.1 Å². The minimum Gasteiger partial charge on any atom is -0.368 e. The van der Waals surface area contributed by atoms with Gasteiger partial charge < -0.3 is 15.2 Å². The van der Waals surface area contributed by atoms with E-state index in [1.165, 1.54) is 10.6 Å². The van der Waals surface area contributed by atoms with Crippen molar-refractivity contribution in [2.75, 3.05) is 12.3 Å². The van der Waals surface area contributed by atoms with Crippen molar-refractivity contribution in [2.45, 2.75) is 25.3 Å². The number of piperidine rings is 1. The molecule has 1 aliphatic heterocycles. The molecule has 7 nitrogen and oxygen atoms in total. The van der Waals surface area contributed by atoms with Crippen molar-refractivity contribution in [3.8, 4) is 11.1 Å². The number of aromatic nitrogens is 3. The number of nitrogens with two attached hydrogens (primary N) is 1. The highest BCUT2D eigenvalue weighted by atomic mass is 35.5. The first-order valence-corrected chi connectivity index (χ1v) is 10.2. The maximum atomic E-state index is 13.3. The summed E-state index contributed by atoms with van der Waals surface area (Å²) in [5, 5.41) is 0.608. The molecule has 1 aromatic carbocycles. The van der Waals surface area contributed by atoms with Crippen LogP contribution in [0.15, 0.2) is 53.6 Å². The number of anilines is 1. The maximum absolute atomic E-state index is 13.3. The molecule has 1 unspecified atom stereocenters. The molecule has 0 aliphatic carbocycles. The predicted molar refractivity (Wildman–Crippen MR) is 116 cm³/mol. The number of rotatable bonds is 3. The molecule has 8 heteroatoms. The van der Waals surface area contributed by atoms with E-state index in [4.69, 9.17) is 17.3 Å². The molecule has 1 aliphatic rings. The Morgan fingerprint density at radius 1 is 1.23 bits per heavy atom. The van der Waals surface area contributed by atoms with Crippen LogP contribution >= 0.6 is 11.6 Å². The third-order valence-electron chi connectivity index (χ3n) is 5.38. The Bertz CT molecular complexity index is 1160. The van der Waals surface area contributed by atoms with E-state index in [2.05, 4.69) is 9.97 Å². The molecule has 2 N–H and O–H groups in total. The number of pyridine rings is 1. The Morgan fingerprint density at radius 3 is 2.83 bits per heavy atom. The Kier molecular flexibility index (Phi) is 5.55. The monoisotopic (exact) mass is 423 g/mol. The number of likely N-dealkylation sites (tertiary alicyclic amines) is 1. The number of nitrogens with zero attached hydrogens (tertiary/aromatic N) is 4. The minimum absolute atomic E-state index is 0.135. The van der Waals surface area contributed by atoms with E-state index in [0.29, 0.717) is 22.8 Å². The summed E-state index contributed by atoms with van der Waals surface area (Å²) >= 11 is 6.19. The van der Waals surface area contributed by atoms with E-state index in [0.717, 1.165) is 30.4 Å². The third-order valence-corrected chi connectivity index (χ3v) is 5.62. The largest absolute Gasteiger partial charge is 0.368 e. The molecule has 1 atom stereocenters. The van der Waals surface area contributed by atoms with Crippen molar-refractivity contribution >= 4 is 23.5 Å². The number of hydrogen-bond acceptors (Lipinski definition) is 5. The normalized spacial score (nSPS) is 16.5. The van der Waals surface area contributed by atoms with Crippen LogP contribution in [-0.2, 0) is 7.05 Å². The van der Waals surface area contributed by atoms with Crippen molar-refractivity contribution in [3.05, 3.63) is 75.4 Å². The Labute approximate surface area is 179 Å². The average molecular weight is 424 g/mol. The first-order chi connectivity index (χ1) is 14.4. The highest BCUT2D eigenvalue weighted by Crippen LogP contribution is 2.37. The number of aryl methyl sites for hydroxylation is 1.